The molecule has 0 N–H and O–H groups in total. The summed E-state index contributed by atoms with van der Waals surface area (Å²) in [7, 11) is 1.59. The molecule has 2 saturated heterocycles. The SMILES string of the molecule is COc1cc(C(C)=O)ccc1OCCCCN1C2CCC1CC(c1noc3cc(F)ccc13)C2. The normalized spacial score (nSPS) is 22.3. The fourth-order valence-corrected chi connectivity index (χ4v) is 5.67. The first-order chi connectivity index (χ1) is 16.5. The third kappa shape index (κ3) is 4.53. The van der Waals surface area contributed by atoms with Crippen LogP contribution in [0.1, 0.15) is 67.4 Å². The molecule has 0 radical (unpaired) electrons. The van der Waals surface area contributed by atoms with Crippen molar-refractivity contribution in [2.75, 3.05) is 20.3 Å². The first-order valence-electron chi connectivity index (χ1n) is 12.2. The number of unbranched alkanes of at least 4 members (excludes halogenated alkanes) is 1. The number of ketones is 1. The van der Waals surface area contributed by atoms with E-state index in [4.69, 9.17) is 14.0 Å². The lowest BCUT2D eigenvalue weighted by Crippen LogP contribution is -2.42. The monoisotopic (exact) mass is 466 g/mol. The minimum Gasteiger partial charge on any atom is -0.493 e. The van der Waals surface area contributed by atoms with Gasteiger partial charge in [0.25, 0.3) is 0 Å². The number of Topliss-reactive ketones (excluding diaryl/α,β-unsaturated/α-hetero) is 1. The Balaban J connectivity index is 1.12. The number of hydrogen-bond acceptors (Lipinski definition) is 6. The third-order valence-corrected chi connectivity index (χ3v) is 7.37. The van der Waals surface area contributed by atoms with Crippen molar-refractivity contribution < 1.29 is 23.2 Å². The van der Waals surface area contributed by atoms with Crippen LogP contribution in [0.4, 0.5) is 4.39 Å². The highest BCUT2D eigenvalue weighted by Gasteiger charge is 2.41. The molecule has 2 aliphatic heterocycles. The van der Waals surface area contributed by atoms with Crippen molar-refractivity contribution in [3.8, 4) is 11.5 Å². The van der Waals surface area contributed by atoms with Crippen LogP contribution in [0.2, 0.25) is 0 Å². The van der Waals surface area contributed by atoms with Gasteiger partial charge in [0.2, 0.25) is 0 Å². The number of hydrogen-bond donors (Lipinski definition) is 0. The molecule has 1 aromatic heterocycles. The van der Waals surface area contributed by atoms with Crippen LogP contribution in [0.5, 0.6) is 11.5 Å². The van der Waals surface area contributed by atoms with Gasteiger partial charge in [0.15, 0.2) is 22.9 Å². The maximum atomic E-state index is 13.5. The Morgan fingerprint density at radius 2 is 1.91 bits per heavy atom. The van der Waals surface area contributed by atoms with E-state index in [-0.39, 0.29) is 11.6 Å². The smallest absolute Gasteiger partial charge is 0.170 e. The van der Waals surface area contributed by atoms with E-state index in [1.54, 1.807) is 32.2 Å². The number of rotatable bonds is 9. The molecule has 0 saturated carbocycles. The van der Waals surface area contributed by atoms with Gasteiger partial charge in [0.1, 0.15) is 5.82 Å². The van der Waals surface area contributed by atoms with Crippen LogP contribution in [-0.2, 0) is 0 Å². The molecule has 7 heteroatoms. The third-order valence-electron chi connectivity index (χ3n) is 7.37. The minimum atomic E-state index is -0.291. The molecule has 2 atom stereocenters. The first-order valence-corrected chi connectivity index (χ1v) is 12.2. The molecule has 3 aromatic rings. The summed E-state index contributed by atoms with van der Waals surface area (Å²) in [6.45, 7) is 3.22. The molecule has 0 amide bonds. The number of fused-ring (bicyclic) bond motifs is 3. The Labute approximate surface area is 199 Å². The number of carbonyl (C=O) groups excluding carboxylic acids is 1. The number of halogens is 1. The zero-order valence-corrected chi connectivity index (χ0v) is 19.8. The van der Waals surface area contributed by atoms with Gasteiger partial charge >= 0.3 is 0 Å². The van der Waals surface area contributed by atoms with Gasteiger partial charge in [-0.2, -0.15) is 0 Å². The Bertz CT molecular complexity index is 1160. The molecule has 2 bridgehead atoms. The van der Waals surface area contributed by atoms with Gasteiger partial charge in [-0.15, -0.1) is 0 Å². The molecule has 2 aromatic carbocycles. The van der Waals surface area contributed by atoms with Crippen LogP contribution >= 0.6 is 0 Å². The van der Waals surface area contributed by atoms with Crippen molar-refractivity contribution in [2.24, 2.45) is 0 Å². The van der Waals surface area contributed by atoms with Crippen LogP contribution in [0, 0.1) is 5.82 Å². The molecule has 6 nitrogen and oxygen atoms in total. The Morgan fingerprint density at radius 3 is 2.65 bits per heavy atom. The number of carbonyl (C=O) groups is 1. The molecule has 3 heterocycles. The fourth-order valence-electron chi connectivity index (χ4n) is 5.67. The lowest BCUT2D eigenvalue weighted by atomic mass is 9.86. The number of piperidine rings is 1. The molecule has 2 aliphatic rings. The Hall–Kier alpha value is -2.93. The minimum absolute atomic E-state index is 0.00823. The van der Waals surface area contributed by atoms with E-state index in [9.17, 15) is 9.18 Å². The molecule has 34 heavy (non-hydrogen) atoms. The summed E-state index contributed by atoms with van der Waals surface area (Å²) in [4.78, 5) is 14.2. The van der Waals surface area contributed by atoms with Crippen LogP contribution in [0.25, 0.3) is 11.0 Å². The molecule has 0 spiro atoms. The van der Waals surface area contributed by atoms with E-state index in [0.29, 0.717) is 47.3 Å². The predicted molar refractivity (Wildman–Crippen MR) is 127 cm³/mol. The van der Waals surface area contributed by atoms with Gasteiger partial charge in [-0.1, -0.05) is 5.16 Å². The van der Waals surface area contributed by atoms with Gasteiger partial charge in [-0.05, 0) is 82.3 Å². The van der Waals surface area contributed by atoms with E-state index in [1.807, 2.05) is 6.07 Å². The number of aromatic nitrogens is 1. The fraction of sp³-hybridized carbons (Fsp3) is 0.481. The van der Waals surface area contributed by atoms with Crippen LogP contribution in [0.15, 0.2) is 40.9 Å². The van der Waals surface area contributed by atoms with Crippen molar-refractivity contribution in [2.45, 2.75) is 63.5 Å². The molecular weight excluding hydrogens is 435 g/mol. The van der Waals surface area contributed by atoms with E-state index in [1.165, 1.54) is 25.0 Å². The number of methoxy groups -OCH3 is 1. The van der Waals surface area contributed by atoms with Gasteiger partial charge < -0.3 is 14.0 Å². The maximum Gasteiger partial charge on any atom is 0.170 e. The average molecular weight is 467 g/mol. The van der Waals surface area contributed by atoms with E-state index in [0.717, 1.165) is 43.3 Å². The Morgan fingerprint density at radius 1 is 1.12 bits per heavy atom. The average Bonchev–Trinajstić information content (AvgIpc) is 3.35. The van der Waals surface area contributed by atoms with Crippen molar-refractivity contribution in [3.05, 3.63) is 53.5 Å². The highest BCUT2D eigenvalue weighted by Crippen LogP contribution is 2.44. The summed E-state index contributed by atoms with van der Waals surface area (Å²) in [6.07, 6.45) is 6.62. The second kappa shape index (κ2) is 9.74. The van der Waals surface area contributed by atoms with Gasteiger partial charge in [-0.3, -0.25) is 9.69 Å². The first kappa shape index (κ1) is 22.8. The van der Waals surface area contributed by atoms with E-state index >= 15 is 0 Å². The summed E-state index contributed by atoms with van der Waals surface area (Å²) in [5.74, 6) is 1.35. The second-order valence-electron chi connectivity index (χ2n) is 9.48. The second-order valence-corrected chi connectivity index (χ2v) is 9.48. The largest absolute Gasteiger partial charge is 0.493 e. The van der Waals surface area contributed by atoms with Crippen molar-refractivity contribution in [1.29, 1.82) is 0 Å². The van der Waals surface area contributed by atoms with Gasteiger partial charge in [-0.25, -0.2) is 4.39 Å². The molecule has 2 unspecified atom stereocenters. The van der Waals surface area contributed by atoms with Crippen molar-refractivity contribution in [1.82, 2.24) is 10.1 Å². The zero-order valence-electron chi connectivity index (χ0n) is 19.8. The quantitative estimate of drug-likeness (QED) is 0.296. The lowest BCUT2D eigenvalue weighted by Gasteiger charge is -2.38. The number of benzene rings is 2. The summed E-state index contributed by atoms with van der Waals surface area (Å²) in [5, 5.41) is 5.27. The van der Waals surface area contributed by atoms with Crippen LogP contribution in [-0.4, -0.2) is 48.2 Å². The molecule has 180 valence electrons. The van der Waals surface area contributed by atoms with Crippen molar-refractivity contribution in [3.63, 3.8) is 0 Å². The highest BCUT2D eigenvalue weighted by atomic mass is 19.1. The molecule has 2 fully saturated rings. The zero-order chi connectivity index (χ0) is 23.7. The number of ether oxygens (including phenoxy) is 2. The topological polar surface area (TPSA) is 64.8 Å². The van der Waals surface area contributed by atoms with Crippen LogP contribution in [0.3, 0.4) is 0 Å². The maximum absolute atomic E-state index is 13.5. The van der Waals surface area contributed by atoms with E-state index < -0.39 is 0 Å². The van der Waals surface area contributed by atoms with E-state index in [2.05, 4.69) is 10.1 Å². The predicted octanol–water partition coefficient (Wildman–Crippen LogP) is 5.75. The van der Waals surface area contributed by atoms with Gasteiger partial charge in [0, 0.05) is 35.0 Å². The summed E-state index contributed by atoms with van der Waals surface area (Å²) in [5.41, 5.74) is 2.15. The van der Waals surface area contributed by atoms with Crippen molar-refractivity contribution >= 4 is 16.8 Å². The Kier molecular flexibility index (Phi) is 6.55. The molecular formula is C27H31FN2O4. The van der Waals surface area contributed by atoms with Crippen LogP contribution < -0.4 is 9.47 Å². The highest BCUT2D eigenvalue weighted by molar-refractivity contribution is 5.94. The molecule has 0 aliphatic carbocycles. The molecule has 5 rings (SSSR count). The summed E-state index contributed by atoms with van der Waals surface area (Å²) in [6, 6.07) is 11.2. The summed E-state index contributed by atoms with van der Waals surface area (Å²) >= 11 is 0. The van der Waals surface area contributed by atoms with Gasteiger partial charge in [0.05, 0.1) is 19.4 Å². The summed E-state index contributed by atoms with van der Waals surface area (Å²) < 4.78 is 30.2. The lowest BCUT2D eigenvalue weighted by molar-refractivity contribution is 0.101. The number of nitrogens with zero attached hydrogens (tertiary/aromatic N) is 2. The standard InChI is InChI=1S/C27H31FN2O4/c1-17(31)18-5-10-24(26(15-18)32-2)33-12-4-3-11-30-21-7-8-22(30)14-19(13-21)27-23-9-6-20(28)16-25(23)34-29-27/h5-6,9-10,15-16,19,21-22H,3-4,7-8,11-14H2,1-2H3.